The van der Waals surface area contributed by atoms with Crippen molar-refractivity contribution >= 4 is 46.4 Å². The van der Waals surface area contributed by atoms with E-state index >= 15 is 0 Å². The van der Waals surface area contributed by atoms with Crippen LogP contribution >= 0.6 is 0 Å². The molecule has 14 nitrogen and oxygen atoms in total. The Kier molecular flexibility index (Phi) is 14.9. The van der Waals surface area contributed by atoms with Gasteiger partial charge in [-0.15, -0.1) is 0 Å². The quantitative estimate of drug-likeness (QED) is 0.0641. The molecule has 3 aromatic carbocycles. The number of aromatic amines is 1. The maximum atomic E-state index is 13.2. The number of ether oxygens (including phenoxy) is 3. The van der Waals surface area contributed by atoms with Gasteiger partial charge in [0.25, 0.3) is 0 Å². The van der Waals surface area contributed by atoms with Gasteiger partial charge in [-0.25, -0.2) is 14.6 Å². The van der Waals surface area contributed by atoms with Gasteiger partial charge in [0.05, 0.1) is 39.6 Å². The summed E-state index contributed by atoms with van der Waals surface area (Å²) in [6.07, 6.45) is -5.47. The number of amides is 4. The van der Waals surface area contributed by atoms with Crippen LogP contribution in [0.1, 0.15) is 70.1 Å². The number of rotatable bonds is 11. The molecule has 4 aromatic rings. The highest BCUT2D eigenvalue weighted by molar-refractivity contribution is 5.91. The Hall–Kier alpha value is -5.92. The molecular formula is C41H50F6N8O6. The van der Waals surface area contributed by atoms with Crippen LogP contribution in [0.15, 0.2) is 54.6 Å². The van der Waals surface area contributed by atoms with Gasteiger partial charge in [0.2, 0.25) is 11.9 Å². The molecule has 2 saturated heterocycles. The minimum atomic E-state index is -4.55. The largest absolute Gasteiger partial charge is 0.490 e. The fraction of sp³-hybridized carbons (Fsp3) is 0.463. The predicted molar refractivity (Wildman–Crippen MR) is 216 cm³/mol. The van der Waals surface area contributed by atoms with Gasteiger partial charge in [-0.05, 0) is 114 Å². The summed E-state index contributed by atoms with van der Waals surface area (Å²) in [5.41, 5.74) is 5.51. The van der Waals surface area contributed by atoms with Gasteiger partial charge in [0, 0.05) is 26.1 Å². The number of imidazole rings is 1. The number of nitrogen functional groups attached to an aromatic ring is 1. The van der Waals surface area contributed by atoms with E-state index in [1.165, 1.54) is 19.1 Å². The molecule has 0 spiro atoms. The van der Waals surface area contributed by atoms with Crippen LogP contribution in [-0.2, 0) is 28.3 Å². The highest BCUT2D eigenvalue weighted by Crippen LogP contribution is 2.36. The number of carbonyl (C=O) groups is 3. The number of nitrogens with two attached hydrogens (primary N) is 1. The number of alkyl halides is 6. The van der Waals surface area contributed by atoms with E-state index in [1.807, 2.05) is 12.1 Å². The lowest BCUT2D eigenvalue weighted by Crippen LogP contribution is -2.42. The lowest BCUT2D eigenvalue weighted by Gasteiger charge is -2.28. The van der Waals surface area contributed by atoms with Gasteiger partial charge in [0.15, 0.2) is 0 Å². The molecule has 2 atom stereocenters. The van der Waals surface area contributed by atoms with Gasteiger partial charge >= 0.3 is 24.5 Å². The summed E-state index contributed by atoms with van der Waals surface area (Å²) >= 11 is 0. The van der Waals surface area contributed by atoms with Gasteiger partial charge in [-0.1, -0.05) is 6.07 Å². The third-order valence-corrected chi connectivity index (χ3v) is 9.47. The van der Waals surface area contributed by atoms with Gasteiger partial charge in [0.1, 0.15) is 30.3 Å². The minimum absolute atomic E-state index is 0.0512. The number of aromatic nitrogens is 2. The van der Waals surface area contributed by atoms with E-state index < -0.39 is 41.2 Å². The second-order valence-corrected chi connectivity index (χ2v) is 15.6. The van der Waals surface area contributed by atoms with Crippen LogP contribution in [0.4, 0.5) is 53.3 Å². The van der Waals surface area contributed by atoms with E-state index in [0.717, 1.165) is 67.6 Å². The molecule has 0 saturated carbocycles. The molecule has 0 bridgehead atoms. The van der Waals surface area contributed by atoms with E-state index in [1.54, 1.807) is 31.7 Å². The Morgan fingerprint density at radius 2 is 1.56 bits per heavy atom. The summed E-state index contributed by atoms with van der Waals surface area (Å²) < 4.78 is 94.3. The Morgan fingerprint density at radius 1 is 0.869 bits per heavy atom. The number of nitrogens with zero attached hydrogens (tertiary/aromatic N) is 2. The molecule has 61 heavy (non-hydrogen) atoms. The summed E-state index contributed by atoms with van der Waals surface area (Å²) in [6, 6.07) is 10.8. The van der Waals surface area contributed by atoms with Crippen molar-refractivity contribution < 1.29 is 54.9 Å². The highest BCUT2D eigenvalue weighted by atomic mass is 19.4. The van der Waals surface area contributed by atoms with Crippen molar-refractivity contribution in [3.8, 4) is 11.5 Å². The molecule has 2 fully saturated rings. The molecule has 0 aliphatic carbocycles. The first kappa shape index (κ1) is 46.2. The lowest BCUT2D eigenvalue weighted by molar-refractivity contribution is -0.138. The maximum absolute atomic E-state index is 13.2. The number of fused-ring (bicyclic) bond motifs is 1. The zero-order valence-corrected chi connectivity index (χ0v) is 34.1. The van der Waals surface area contributed by atoms with E-state index in [9.17, 15) is 40.7 Å². The molecule has 7 N–H and O–H groups in total. The van der Waals surface area contributed by atoms with Crippen LogP contribution in [0, 0.1) is 0 Å². The molecule has 2 aliphatic heterocycles. The number of anilines is 3. The van der Waals surface area contributed by atoms with Crippen molar-refractivity contribution in [1.29, 1.82) is 0 Å². The average Bonchev–Trinajstić information content (AvgIpc) is 3.94. The number of urea groups is 1. The van der Waals surface area contributed by atoms with Crippen molar-refractivity contribution in [2.75, 3.05) is 49.2 Å². The first-order valence-corrected chi connectivity index (χ1v) is 19.6. The highest BCUT2D eigenvalue weighted by Gasteiger charge is 2.34. The molecule has 6 rings (SSSR count). The topological polar surface area (TPSA) is 185 Å². The van der Waals surface area contributed by atoms with E-state index in [0.29, 0.717) is 31.0 Å². The zero-order valence-electron chi connectivity index (χ0n) is 34.1. The summed E-state index contributed by atoms with van der Waals surface area (Å²) in [6.45, 7) is 8.86. The number of carbonyl (C=O) groups excluding carboxylic acids is 3. The van der Waals surface area contributed by atoms with Gasteiger partial charge in [-0.3, -0.25) is 10.1 Å². The predicted octanol–water partition coefficient (Wildman–Crippen LogP) is 8.10. The van der Waals surface area contributed by atoms with Crippen molar-refractivity contribution in [2.45, 2.75) is 89.8 Å². The number of H-pyrrole nitrogens is 1. The Balaban J connectivity index is 0.000000247. The fourth-order valence-corrected chi connectivity index (χ4v) is 6.56. The summed E-state index contributed by atoms with van der Waals surface area (Å²) in [5, 5.41) is 11.0. The maximum Gasteiger partial charge on any atom is 0.416 e. The van der Waals surface area contributed by atoms with E-state index in [2.05, 4.69) is 31.2 Å². The standard InChI is InChI=1S/C24H27F3N6O3.C17H23F3N2O3/c1-14(34)30-22-31-18-6-4-15(11-19(18)32-22)8-10-29-23(35)33-20-12-16(24(25,26)27)5-7-21(20)36-13-17-3-2-9-28-17;1-16(2,3)25-15(23)22-8-4-5-12(22)10-24-14-7-6-11(9-13(14)21)17(18,19)20/h4-7,11-12,17,28H,2-3,8-10,13H2,1H3,(H2,29,33,35)(H2,30,31,32,34);6-7,9,12H,4-5,8,10,21H2,1-3H3. The Morgan fingerprint density at radius 3 is 2.20 bits per heavy atom. The average molecular weight is 865 g/mol. The molecular weight excluding hydrogens is 814 g/mol. The number of nitrogens with one attached hydrogen (secondary N) is 5. The minimum Gasteiger partial charge on any atom is -0.490 e. The lowest BCUT2D eigenvalue weighted by atomic mass is 10.1. The molecule has 332 valence electrons. The number of hydrogen-bond donors (Lipinski definition) is 6. The van der Waals surface area contributed by atoms with Crippen molar-refractivity contribution in [3.63, 3.8) is 0 Å². The normalized spacial score (nSPS) is 16.7. The number of likely N-dealkylation sites (tertiary alicyclic amines) is 1. The third kappa shape index (κ3) is 13.8. The number of benzene rings is 3. The first-order valence-electron chi connectivity index (χ1n) is 19.6. The smallest absolute Gasteiger partial charge is 0.416 e. The first-order chi connectivity index (χ1) is 28.6. The van der Waals surface area contributed by atoms with E-state index in [4.69, 9.17) is 19.9 Å². The molecule has 1 aromatic heterocycles. The van der Waals surface area contributed by atoms with Gasteiger partial charge < -0.3 is 45.8 Å². The zero-order chi connectivity index (χ0) is 44.5. The third-order valence-electron chi connectivity index (χ3n) is 9.47. The van der Waals surface area contributed by atoms with Crippen molar-refractivity contribution in [3.05, 3.63) is 71.3 Å². The summed E-state index contributed by atoms with van der Waals surface area (Å²) in [4.78, 5) is 44.7. The monoisotopic (exact) mass is 864 g/mol. The van der Waals surface area contributed by atoms with Crippen molar-refractivity contribution in [2.24, 2.45) is 0 Å². The van der Waals surface area contributed by atoms with E-state index in [-0.39, 0.29) is 54.0 Å². The fourth-order valence-electron chi connectivity index (χ4n) is 6.56. The van der Waals surface area contributed by atoms with Crippen molar-refractivity contribution in [1.82, 2.24) is 25.5 Å². The van der Waals surface area contributed by atoms with Crippen LogP contribution in [0.25, 0.3) is 11.0 Å². The number of halogens is 6. The second-order valence-electron chi connectivity index (χ2n) is 15.6. The summed E-state index contributed by atoms with van der Waals surface area (Å²) in [5.74, 6) is 0.444. The van der Waals surface area contributed by atoms with Gasteiger partial charge in [-0.2, -0.15) is 26.3 Å². The Bertz CT molecular complexity index is 2150. The molecule has 2 aliphatic rings. The molecule has 20 heteroatoms. The number of hydrogen-bond acceptors (Lipinski definition) is 9. The molecule has 3 heterocycles. The van der Waals surface area contributed by atoms with Crippen LogP contribution in [0.2, 0.25) is 0 Å². The van der Waals surface area contributed by atoms with Crippen LogP contribution < -0.4 is 36.5 Å². The van der Waals surface area contributed by atoms with Crippen LogP contribution in [-0.4, -0.2) is 83.4 Å². The second kappa shape index (κ2) is 19.6. The molecule has 0 radical (unpaired) electrons. The molecule has 4 amide bonds. The SMILES string of the molecule is CC(=O)Nc1nc2ccc(CCNC(=O)Nc3cc(C(F)(F)F)ccc3OCC3CCCN3)cc2[nH]1.CC(C)(C)OC(=O)N1CCCC1COc1ccc(C(F)(F)F)cc1N. The summed E-state index contributed by atoms with van der Waals surface area (Å²) in [7, 11) is 0. The van der Waals surface area contributed by atoms with Crippen LogP contribution in [0.5, 0.6) is 11.5 Å². The Labute approximate surface area is 348 Å². The van der Waals surface area contributed by atoms with Crippen LogP contribution in [0.3, 0.4) is 0 Å². The molecule has 2 unspecified atom stereocenters.